The molecule has 0 fully saturated rings. The number of aliphatic hydroxyl groups excluding tert-OH is 3. The molecule has 168 valence electrons. The third-order valence-corrected chi connectivity index (χ3v) is 5.51. The van der Waals surface area contributed by atoms with E-state index >= 15 is 0 Å². The zero-order valence-corrected chi connectivity index (χ0v) is 17.4. The smallest absolute Gasteiger partial charge is 0.478 e. The Morgan fingerprint density at radius 2 is 1.13 bits per heavy atom. The van der Waals surface area contributed by atoms with Crippen LogP contribution in [-0.4, -0.2) is 54.7 Å². The standard InChI is InChI=1S/C17H20O4.H4O7P2/c18-11-17(12-19,13-20)16(14-7-3-1-4-8-14)21-15-9-5-2-6-10-15;1-8(2,3)7-9(4,5)6/h1-10,16,18-20H,11-13H2;(H2,1,2,3)(H2,4,5,6). The van der Waals surface area contributed by atoms with Crippen LogP contribution < -0.4 is 4.74 Å². The largest absolute Gasteiger partial charge is 0.485 e. The van der Waals surface area contributed by atoms with Crippen LogP contribution in [0.15, 0.2) is 60.7 Å². The average Bonchev–Trinajstić information content (AvgIpc) is 2.68. The van der Waals surface area contributed by atoms with Crippen LogP contribution >= 0.6 is 15.6 Å². The van der Waals surface area contributed by atoms with Crippen LogP contribution in [0.3, 0.4) is 0 Å². The second kappa shape index (κ2) is 11.7. The highest BCUT2D eigenvalue weighted by atomic mass is 31.3. The van der Waals surface area contributed by atoms with Crippen molar-refractivity contribution in [3.05, 3.63) is 66.2 Å². The summed E-state index contributed by atoms with van der Waals surface area (Å²) in [6.45, 7) is -1.15. The van der Waals surface area contributed by atoms with Crippen LogP contribution in [0.25, 0.3) is 0 Å². The molecular weight excluding hydrogens is 442 g/mol. The Balaban J connectivity index is 0.000000424. The van der Waals surface area contributed by atoms with Gasteiger partial charge in [0, 0.05) is 0 Å². The molecule has 0 amide bonds. The van der Waals surface area contributed by atoms with E-state index in [2.05, 4.69) is 4.31 Å². The van der Waals surface area contributed by atoms with Gasteiger partial charge in [0.05, 0.1) is 25.2 Å². The molecule has 30 heavy (non-hydrogen) atoms. The highest BCUT2D eigenvalue weighted by Gasteiger charge is 2.40. The van der Waals surface area contributed by atoms with E-state index in [9.17, 15) is 24.4 Å². The summed E-state index contributed by atoms with van der Waals surface area (Å²) in [6, 6.07) is 18.4. The van der Waals surface area contributed by atoms with E-state index in [4.69, 9.17) is 24.3 Å². The summed E-state index contributed by atoms with van der Waals surface area (Å²) in [5.74, 6) is 0.617. The highest BCUT2D eigenvalue weighted by Crippen LogP contribution is 2.53. The zero-order chi connectivity index (χ0) is 22.8. The van der Waals surface area contributed by atoms with Gasteiger partial charge in [-0.3, -0.25) is 0 Å². The van der Waals surface area contributed by atoms with E-state index in [1.165, 1.54) is 0 Å². The molecule has 1 unspecified atom stereocenters. The van der Waals surface area contributed by atoms with Crippen molar-refractivity contribution in [1.29, 1.82) is 0 Å². The van der Waals surface area contributed by atoms with E-state index < -0.39 is 27.2 Å². The van der Waals surface area contributed by atoms with E-state index in [0.29, 0.717) is 5.75 Å². The number of aliphatic hydroxyl groups is 3. The van der Waals surface area contributed by atoms with Gasteiger partial charge in [0.1, 0.15) is 11.9 Å². The summed E-state index contributed by atoms with van der Waals surface area (Å²) >= 11 is 0. The minimum atomic E-state index is -5.05. The van der Waals surface area contributed by atoms with Gasteiger partial charge in [-0.25, -0.2) is 9.13 Å². The Kier molecular flexibility index (Phi) is 10.3. The first kappa shape index (κ1) is 26.4. The maximum Gasteiger partial charge on any atom is 0.478 e. The summed E-state index contributed by atoms with van der Waals surface area (Å²) in [4.78, 5) is 31.0. The van der Waals surface area contributed by atoms with Crippen LogP contribution in [0.1, 0.15) is 11.7 Å². The fraction of sp³-hybridized carbons (Fsp3) is 0.294. The van der Waals surface area contributed by atoms with Crippen molar-refractivity contribution in [2.45, 2.75) is 6.10 Å². The third kappa shape index (κ3) is 9.03. The van der Waals surface area contributed by atoms with Crippen molar-refractivity contribution in [2.24, 2.45) is 5.41 Å². The molecule has 13 heteroatoms. The number of ether oxygens (including phenoxy) is 1. The van der Waals surface area contributed by atoms with Crippen molar-refractivity contribution >= 4 is 15.6 Å². The van der Waals surface area contributed by atoms with Crippen LogP contribution in [-0.2, 0) is 13.4 Å². The summed E-state index contributed by atoms with van der Waals surface area (Å²) in [5.41, 5.74) is -0.365. The van der Waals surface area contributed by atoms with Crippen molar-refractivity contribution < 1.29 is 53.1 Å². The molecule has 0 bridgehead atoms. The minimum absolute atomic E-state index is 0.383. The number of hydrogen-bond donors (Lipinski definition) is 7. The first-order valence-corrected chi connectivity index (χ1v) is 11.4. The fourth-order valence-corrected chi connectivity index (χ4v) is 3.46. The Morgan fingerprint density at radius 1 is 0.733 bits per heavy atom. The lowest BCUT2D eigenvalue weighted by atomic mass is 9.80. The highest BCUT2D eigenvalue weighted by molar-refractivity contribution is 7.60. The Morgan fingerprint density at radius 3 is 1.47 bits per heavy atom. The molecule has 0 heterocycles. The first-order chi connectivity index (χ1) is 14.0. The van der Waals surface area contributed by atoms with Crippen molar-refractivity contribution in [2.75, 3.05) is 19.8 Å². The van der Waals surface area contributed by atoms with Gasteiger partial charge in [-0.05, 0) is 17.7 Å². The molecule has 0 aliphatic rings. The quantitative estimate of drug-likeness (QED) is 0.260. The van der Waals surface area contributed by atoms with Gasteiger partial charge in [0.15, 0.2) is 0 Å². The minimum Gasteiger partial charge on any atom is -0.485 e. The Bertz CT molecular complexity index is 803. The number of hydrogen-bond acceptors (Lipinski definition) is 7. The second-order valence-corrected chi connectivity index (χ2v) is 8.74. The molecule has 0 aromatic heterocycles. The fourth-order valence-electron chi connectivity index (χ4n) is 2.35. The van der Waals surface area contributed by atoms with E-state index in [1.54, 1.807) is 12.1 Å². The number of rotatable bonds is 9. The van der Waals surface area contributed by atoms with Crippen molar-refractivity contribution in [1.82, 2.24) is 0 Å². The predicted molar refractivity (Wildman–Crippen MR) is 105 cm³/mol. The molecule has 2 aromatic carbocycles. The number of benzene rings is 2. The molecule has 0 saturated carbocycles. The molecule has 7 N–H and O–H groups in total. The zero-order valence-electron chi connectivity index (χ0n) is 15.6. The lowest BCUT2D eigenvalue weighted by Crippen LogP contribution is -2.42. The molecule has 11 nitrogen and oxygen atoms in total. The monoisotopic (exact) mass is 466 g/mol. The van der Waals surface area contributed by atoms with E-state index in [-0.39, 0.29) is 19.8 Å². The maximum absolute atomic E-state index is 9.69. The van der Waals surface area contributed by atoms with Gasteiger partial charge in [-0.1, -0.05) is 48.5 Å². The van der Waals surface area contributed by atoms with E-state index in [1.807, 2.05) is 48.5 Å². The molecule has 1 atom stereocenters. The van der Waals surface area contributed by atoms with Crippen molar-refractivity contribution in [3.63, 3.8) is 0 Å². The maximum atomic E-state index is 9.69. The molecule has 0 saturated heterocycles. The summed E-state index contributed by atoms with van der Waals surface area (Å²) in [5, 5.41) is 29.1. The van der Waals surface area contributed by atoms with Gasteiger partial charge in [-0.15, -0.1) is 0 Å². The van der Waals surface area contributed by atoms with Gasteiger partial charge >= 0.3 is 15.6 Å². The van der Waals surface area contributed by atoms with Crippen LogP contribution in [0.2, 0.25) is 0 Å². The molecule has 2 rings (SSSR count). The SMILES string of the molecule is O=P(O)(O)OP(=O)(O)O.OCC(CO)(CO)C(Oc1ccccc1)c1ccccc1. The van der Waals surface area contributed by atoms with Gasteiger partial charge in [0.2, 0.25) is 0 Å². The molecule has 2 aromatic rings. The van der Waals surface area contributed by atoms with Gasteiger partial charge in [-0.2, -0.15) is 4.31 Å². The molecule has 0 aliphatic carbocycles. The lowest BCUT2D eigenvalue weighted by molar-refractivity contribution is -0.0742. The first-order valence-electron chi connectivity index (χ1n) is 8.38. The third-order valence-electron chi connectivity index (χ3n) is 3.81. The Hall–Kier alpha value is -1.62. The second-order valence-electron chi connectivity index (χ2n) is 6.12. The molecular formula is C17H24O11P2. The predicted octanol–water partition coefficient (Wildman–Crippen LogP) is 0.958. The lowest BCUT2D eigenvalue weighted by Gasteiger charge is -2.36. The normalized spacial score (nSPS) is 13.2. The molecule has 0 aliphatic heterocycles. The average molecular weight is 466 g/mol. The molecule has 0 radical (unpaired) electrons. The van der Waals surface area contributed by atoms with Crippen LogP contribution in [0, 0.1) is 5.41 Å². The number of para-hydroxylation sites is 1. The van der Waals surface area contributed by atoms with Gasteiger partial charge < -0.3 is 39.6 Å². The Labute approximate surface area is 172 Å². The van der Waals surface area contributed by atoms with Gasteiger partial charge in [0.25, 0.3) is 0 Å². The summed E-state index contributed by atoms with van der Waals surface area (Å²) < 4.78 is 28.2. The molecule has 0 spiro atoms. The number of phosphoric acid groups is 2. The van der Waals surface area contributed by atoms with Crippen LogP contribution in [0.5, 0.6) is 5.75 Å². The topological polar surface area (TPSA) is 194 Å². The van der Waals surface area contributed by atoms with E-state index in [0.717, 1.165) is 5.56 Å². The summed E-state index contributed by atoms with van der Waals surface area (Å²) in [6.07, 6.45) is -0.652. The van der Waals surface area contributed by atoms with Crippen molar-refractivity contribution in [3.8, 4) is 5.75 Å². The van der Waals surface area contributed by atoms with Crippen LogP contribution in [0.4, 0.5) is 0 Å². The summed E-state index contributed by atoms with van der Waals surface area (Å²) in [7, 11) is -10.1.